The Bertz CT molecular complexity index is 1120. The van der Waals surface area contributed by atoms with Gasteiger partial charge in [-0.25, -0.2) is 0 Å². The Balaban J connectivity index is 1.49. The lowest BCUT2D eigenvalue weighted by atomic mass is 10.2. The van der Waals surface area contributed by atoms with E-state index in [1.807, 2.05) is 96.4 Å². The number of carbonyl (C=O) groups is 1. The first-order valence-corrected chi connectivity index (χ1v) is 11.0. The van der Waals surface area contributed by atoms with Gasteiger partial charge < -0.3 is 4.74 Å². The van der Waals surface area contributed by atoms with Crippen LogP contribution in [0.3, 0.4) is 0 Å². The molecular formula is C24H23N5O2S. The zero-order chi connectivity index (χ0) is 22.3. The molecule has 4 rings (SSSR count). The Kier molecular flexibility index (Phi) is 6.72. The van der Waals surface area contributed by atoms with Gasteiger partial charge in [-0.1, -0.05) is 48.2 Å². The second kappa shape index (κ2) is 10.0. The number of nitrogens with zero attached hydrogens (tertiary/aromatic N) is 4. The minimum absolute atomic E-state index is 0.148. The highest BCUT2D eigenvalue weighted by Crippen LogP contribution is 2.25. The number of rotatable bonds is 8. The van der Waals surface area contributed by atoms with Crippen LogP contribution in [0.1, 0.15) is 5.82 Å². The van der Waals surface area contributed by atoms with Gasteiger partial charge in [-0.3, -0.25) is 19.8 Å². The first kappa shape index (κ1) is 21.5. The molecule has 7 nitrogen and oxygen atoms in total. The van der Waals surface area contributed by atoms with Crippen molar-refractivity contribution in [2.24, 2.45) is 0 Å². The van der Waals surface area contributed by atoms with Crippen molar-refractivity contribution in [1.82, 2.24) is 20.2 Å². The van der Waals surface area contributed by atoms with Gasteiger partial charge >= 0.3 is 0 Å². The summed E-state index contributed by atoms with van der Waals surface area (Å²) in [5.74, 6) is 1.55. The van der Waals surface area contributed by atoms with Crippen LogP contribution < -0.4 is 15.2 Å². The molecule has 0 aliphatic heterocycles. The van der Waals surface area contributed by atoms with Crippen LogP contribution >= 0.6 is 11.8 Å². The monoisotopic (exact) mass is 445 g/mol. The smallest absolute Gasteiger partial charge is 0.249 e. The molecule has 0 unspecified atom stereocenters. The number of anilines is 2. The summed E-state index contributed by atoms with van der Waals surface area (Å²) in [5, 5.41) is 10.9. The van der Waals surface area contributed by atoms with Crippen molar-refractivity contribution in [3.8, 4) is 11.4 Å². The maximum absolute atomic E-state index is 12.9. The van der Waals surface area contributed by atoms with Crippen molar-refractivity contribution in [2.45, 2.75) is 12.1 Å². The fourth-order valence-corrected chi connectivity index (χ4v) is 3.97. The molecule has 0 saturated heterocycles. The largest absolute Gasteiger partial charge is 0.497 e. The Morgan fingerprint density at radius 1 is 0.938 bits per heavy atom. The third-order valence-corrected chi connectivity index (χ3v) is 5.65. The van der Waals surface area contributed by atoms with Crippen molar-refractivity contribution in [1.29, 1.82) is 0 Å². The number of thioether (sulfide) groups is 1. The predicted octanol–water partition coefficient (Wildman–Crippen LogP) is 4.55. The lowest BCUT2D eigenvalue weighted by Crippen LogP contribution is -2.40. The molecule has 1 N–H and O–H groups in total. The summed E-state index contributed by atoms with van der Waals surface area (Å²) >= 11 is 1.33. The summed E-state index contributed by atoms with van der Waals surface area (Å²) in [5.41, 5.74) is 5.65. The molecule has 0 saturated carbocycles. The van der Waals surface area contributed by atoms with Gasteiger partial charge in [0.15, 0.2) is 5.16 Å². The average molecular weight is 446 g/mol. The molecule has 1 aromatic heterocycles. The van der Waals surface area contributed by atoms with Gasteiger partial charge in [-0.05, 0) is 55.5 Å². The number of ether oxygens (including phenoxy) is 1. The van der Waals surface area contributed by atoms with Gasteiger partial charge in [0.2, 0.25) is 5.91 Å². The number of aryl methyl sites for hydroxylation is 1. The van der Waals surface area contributed by atoms with E-state index in [1.165, 1.54) is 11.8 Å². The molecule has 0 radical (unpaired) electrons. The molecule has 0 bridgehead atoms. The van der Waals surface area contributed by atoms with Gasteiger partial charge in [0.05, 0.1) is 24.2 Å². The number of hydrazine groups is 1. The van der Waals surface area contributed by atoms with E-state index in [9.17, 15) is 4.79 Å². The van der Waals surface area contributed by atoms with E-state index >= 15 is 0 Å². The Labute approximate surface area is 191 Å². The van der Waals surface area contributed by atoms with Crippen LogP contribution in [0.25, 0.3) is 5.69 Å². The summed E-state index contributed by atoms with van der Waals surface area (Å²) in [6.07, 6.45) is 0. The van der Waals surface area contributed by atoms with Crippen LogP contribution in [0, 0.1) is 6.92 Å². The SMILES string of the molecule is COc1ccc(-n2c(C)nnc2SCC(=O)NN(c2ccccc2)c2ccccc2)cc1. The topological polar surface area (TPSA) is 72.3 Å². The molecule has 32 heavy (non-hydrogen) atoms. The average Bonchev–Trinajstić information content (AvgIpc) is 3.22. The summed E-state index contributed by atoms with van der Waals surface area (Å²) in [4.78, 5) is 12.9. The van der Waals surface area contributed by atoms with E-state index < -0.39 is 0 Å². The highest BCUT2D eigenvalue weighted by atomic mass is 32.2. The molecule has 0 aliphatic rings. The minimum atomic E-state index is -0.148. The number of carbonyl (C=O) groups excluding carboxylic acids is 1. The number of nitrogens with one attached hydrogen (secondary N) is 1. The molecule has 0 spiro atoms. The zero-order valence-electron chi connectivity index (χ0n) is 17.8. The van der Waals surface area contributed by atoms with E-state index in [0.717, 1.165) is 28.6 Å². The number of aromatic nitrogens is 3. The summed E-state index contributed by atoms with van der Waals surface area (Å²) in [7, 11) is 1.63. The fraction of sp³-hybridized carbons (Fsp3) is 0.125. The number of methoxy groups -OCH3 is 1. The molecule has 1 amide bonds. The maximum atomic E-state index is 12.9. The normalized spacial score (nSPS) is 10.6. The quantitative estimate of drug-likeness (QED) is 0.317. The Morgan fingerprint density at radius 2 is 1.53 bits per heavy atom. The summed E-state index contributed by atoms with van der Waals surface area (Å²) in [6, 6.07) is 27.1. The highest BCUT2D eigenvalue weighted by Gasteiger charge is 2.16. The molecule has 3 aromatic carbocycles. The third kappa shape index (κ3) is 4.92. The number of amides is 1. The van der Waals surface area contributed by atoms with Crippen LogP contribution in [0.15, 0.2) is 90.1 Å². The van der Waals surface area contributed by atoms with Gasteiger partial charge in [0, 0.05) is 5.69 Å². The van der Waals surface area contributed by atoms with E-state index in [1.54, 1.807) is 12.1 Å². The molecule has 162 valence electrons. The van der Waals surface area contributed by atoms with Crippen LogP contribution in [-0.4, -0.2) is 33.5 Å². The first-order valence-electron chi connectivity index (χ1n) is 10.0. The van der Waals surface area contributed by atoms with Gasteiger partial charge in [-0.2, -0.15) is 0 Å². The van der Waals surface area contributed by atoms with Gasteiger partial charge in [-0.15, -0.1) is 10.2 Å². The Hall–Kier alpha value is -3.78. The second-order valence-electron chi connectivity index (χ2n) is 6.89. The third-order valence-electron chi connectivity index (χ3n) is 4.72. The maximum Gasteiger partial charge on any atom is 0.249 e. The van der Waals surface area contributed by atoms with E-state index in [-0.39, 0.29) is 11.7 Å². The Morgan fingerprint density at radius 3 is 2.09 bits per heavy atom. The van der Waals surface area contributed by atoms with Crippen LogP contribution in [-0.2, 0) is 4.79 Å². The van der Waals surface area contributed by atoms with Crippen LogP contribution in [0.2, 0.25) is 0 Å². The molecule has 0 aliphatic carbocycles. The predicted molar refractivity (Wildman–Crippen MR) is 127 cm³/mol. The number of hydrogen-bond donors (Lipinski definition) is 1. The lowest BCUT2D eigenvalue weighted by molar-refractivity contribution is -0.118. The van der Waals surface area contributed by atoms with Crippen molar-refractivity contribution in [3.05, 3.63) is 90.8 Å². The summed E-state index contributed by atoms with van der Waals surface area (Å²) < 4.78 is 7.15. The lowest BCUT2D eigenvalue weighted by Gasteiger charge is -2.25. The summed E-state index contributed by atoms with van der Waals surface area (Å²) in [6.45, 7) is 1.88. The number of benzene rings is 3. The highest BCUT2D eigenvalue weighted by molar-refractivity contribution is 7.99. The van der Waals surface area contributed by atoms with Crippen molar-refractivity contribution >= 4 is 29.0 Å². The molecular weight excluding hydrogens is 422 g/mol. The van der Waals surface area contributed by atoms with Gasteiger partial charge in [0.1, 0.15) is 11.6 Å². The van der Waals surface area contributed by atoms with Gasteiger partial charge in [0.25, 0.3) is 0 Å². The van der Waals surface area contributed by atoms with E-state index in [4.69, 9.17) is 4.74 Å². The van der Waals surface area contributed by atoms with Crippen molar-refractivity contribution in [2.75, 3.05) is 17.9 Å². The standard InChI is InChI=1S/C24H23N5O2S/c1-18-25-26-24(28(18)19-13-15-22(31-2)16-14-19)32-17-23(30)27-29(20-9-5-3-6-10-20)21-11-7-4-8-12-21/h3-16H,17H2,1-2H3,(H,27,30). The first-order chi connectivity index (χ1) is 15.7. The van der Waals surface area contributed by atoms with Crippen molar-refractivity contribution < 1.29 is 9.53 Å². The minimum Gasteiger partial charge on any atom is -0.497 e. The molecule has 8 heteroatoms. The number of para-hydroxylation sites is 2. The fourth-order valence-electron chi connectivity index (χ4n) is 3.18. The van der Waals surface area contributed by atoms with E-state index in [0.29, 0.717) is 5.16 Å². The molecule has 4 aromatic rings. The molecule has 0 atom stereocenters. The van der Waals surface area contributed by atoms with Crippen molar-refractivity contribution in [3.63, 3.8) is 0 Å². The van der Waals surface area contributed by atoms with Crippen LogP contribution in [0.4, 0.5) is 11.4 Å². The molecule has 1 heterocycles. The second-order valence-corrected chi connectivity index (χ2v) is 7.84. The molecule has 0 fully saturated rings. The van der Waals surface area contributed by atoms with E-state index in [2.05, 4.69) is 15.6 Å². The number of hydrogen-bond acceptors (Lipinski definition) is 6. The van der Waals surface area contributed by atoms with Crippen LogP contribution in [0.5, 0.6) is 5.75 Å². The zero-order valence-corrected chi connectivity index (χ0v) is 18.6.